The number of aromatic amines is 1. The smallest absolute Gasteiger partial charge is 0.144 e. The van der Waals surface area contributed by atoms with Crippen LogP contribution < -0.4 is 10.1 Å². The third-order valence-corrected chi connectivity index (χ3v) is 5.80. The number of pyridine rings is 1. The lowest BCUT2D eigenvalue weighted by Crippen LogP contribution is -1.93. The van der Waals surface area contributed by atoms with Crippen molar-refractivity contribution in [1.82, 2.24) is 9.97 Å². The van der Waals surface area contributed by atoms with E-state index >= 15 is 0 Å². The average Bonchev–Trinajstić information content (AvgIpc) is 3.35. The van der Waals surface area contributed by atoms with Crippen molar-refractivity contribution < 1.29 is 4.74 Å². The molecule has 0 unspecified atom stereocenters. The summed E-state index contributed by atoms with van der Waals surface area (Å²) in [6.45, 7) is 0. The predicted molar refractivity (Wildman–Crippen MR) is 113 cm³/mol. The van der Waals surface area contributed by atoms with Crippen molar-refractivity contribution in [2.75, 3.05) is 12.4 Å². The Bertz CT molecular complexity index is 1240. The van der Waals surface area contributed by atoms with Gasteiger partial charge in [-0.15, -0.1) is 11.3 Å². The highest BCUT2D eigenvalue weighted by Crippen LogP contribution is 2.38. The molecule has 2 N–H and O–H groups in total. The maximum Gasteiger partial charge on any atom is 0.144 e. The zero-order valence-electron chi connectivity index (χ0n) is 14.7. The highest BCUT2D eigenvalue weighted by atomic mass is 32.1. The topological polar surface area (TPSA) is 49.9 Å². The summed E-state index contributed by atoms with van der Waals surface area (Å²) in [5.74, 6) is 0.821. The van der Waals surface area contributed by atoms with Gasteiger partial charge in [-0.05, 0) is 29.8 Å². The second-order valence-corrected chi connectivity index (χ2v) is 7.35. The number of nitrogens with one attached hydrogen (secondary N) is 2. The van der Waals surface area contributed by atoms with Crippen molar-refractivity contribution in [3.63, 3.8) is 0 Å². The Hall–Kier alpha value is -3.31. The van der Waals surface area contributed by atoms with E-state index in [1.54, 1.807) is 18.4 Å². The first-order valence-corrected chi connectivity index (χ1v) is 9.49. The molecular weight excluding hydrogens is 354 g/mol. The number of nitrogens with zero attached hydrogens (tertiary/aromatic N) is 1. The molecule has 0 radical (unpaired) electrons. The lowest BCUT2D eigenvalue weighted by molar-refractivity contribution is 0.419. The van der Waals surface area contributed by atoms with E-state index in [4.69, 9.17) is 4.74 Å². The molecule has 0 spiro atoms. The van der Waals surface area contributed by atoms with Gasteiger partial charge in [-0.2, -0.15) is 0 Å². The number of anilines is 2. The summed E-state index contributed by atoms with van der Waals surface area (Å²) >= 11 is 1.75. The van der Waals surface area contributed by atoms with E-state index in [-0.39, 0.29) is 0 Å². The van der Waals surface area contributed by atoms with Crippen LogP contribution in [0.4, 0.5) is 11.4 Å². The van der Waals surface area contributed by atoms with Crippen molar-refractivity contribution in [2.45, 2.75) is 0 Å². The van der Waals surface area contributed by atoms with Crippen molar-refractivity contribution in [1.29, 1.82) is 0 Å². The quantitative estimate of drug-likeness (QED) is 0.396. The number of ether oxygens (including phenoxy) is 1. The molecule has 5 aromatic rings. The zero-order chi connectivity index (χ0) is 18.2. The summed E-state index contributed by atoms with van der Waals surface area (Å²) in [5, 5.41) is 4.65. The van der Waals surface area contributed by atoms with Crippen LogP contribution in [0.1, 0.15) is 0 Å². The van der Waals surface area contributed by atoms with Gasteiger partial charge in [0.25, 0.3) is 0 Å². The number of aromatic nitrogens is 2. The van der Waals surface area contributed by atoms with Gasteiger partial charge in [-0.3, -0.25) is 4.98 Å². The molecule has 0 saturated carbocycles. The minimum absolute atomic E-state index is 0.821. The fraction of sp³-hybridized carbons (Fsp3) is 0.0455. The SMILES string of the molecule is COc1cc(Nc2ccnc3cc(-c4ccccc4)sc23)cc2cc[nH]c12. The number of methoxy groups -OCH3 is 1. The van der Waals surface area contributed by atoms with Crippen LogP contribution in [0.25, 0.3) is 31.6 Å². The second kappa shape index (κ2) is 6.45. The first-order valence-electron chi connectivity index (χ1n) is 8.68. The molecule has 0 fully saturated rings. The van der Waals surface area contributed by atoms with Crippen LogP contribution in [0.2, 0.25) is 0 Å². The molecule has 27 heavy (non-hydrogen) atoms. The number of hydrogen-bond acceptors (Lipinski definition) is 4. The molecule has 3 heterocycles. The number of H-pyrrole nitrogens is 1. The number of hydrogen-bond donors (Lipinski definition) is 2. The van der Waals surface area contributed by atoms with E-state index in [0.717, 1.165) is 38.2 Å². The lowest BCUT2D eigenvalue weighted by Gasteiger charge is -2.10. The molecule has 132 valence electrons. The summed E-state index contributed by atoms with van der Waals surface area (Å²) in [6, 6.07) is 20.7. The Balaban J connectivity index is 1.58. The monoisotopic (exact) mass is 371 g/mol. The molecule has 0 bridgehead atoms. The molecule has 0 aliphatic carbocycles. The van der Waals surface area contributed by atoms with Crippen LogP contribution in [0.15, 0.2) is 73.1 Å². The minimum atomic E-state index is 0.821. The van der Waals surface area contributed by atoms with Crippen LogP contribution >= 0.6 is 11.3 Å². The molecule has 5 heteroatoms. The molecule has 0 aliphatic rings. The molecule has 2 aromatic carbocycles. The molecule has 0 atom stereocenters. The van der Waals surface area contributed by atoms with Crippen molar-refractivity contribution in [3.05, 3.63) is 73.1 Å². The number of fused-ring (bicyclic) bond motifs is 2. The van der Waals surface area contributed by atoms with E-state index in [1.807, 2.05) is 36.7 Å². The first-order chi connectivity index (χ1) is 13.3. The van der Waals surface area contributed by atoms with Gasteiger partial charge in [-0.1, -0.05) is 30.3 Å². The first kappa shape index (κ1) is 15.9. The fourth-order valence-corrected chi connectivity index (χ4v) is 4.40. The maximum atomic E-state index is 5.53. The third-order valence-electron chi connectivity index (χ3n) is 4.59. The van der Waals surface area contributed by atoms with E-state index < -0.39 is 0 Å². The van der Waals surface area contributed by atoms with E-state index in [1.165, 1.54) is 10.4 Å². The van der Waals surface area contributed by atoms with Gasteiger partial charge in [0.15, 0.2) is 0 Å². The number of rotatable bonds is 4. The van der Waals surface area contributed by atoms with Gasteiger partial charge in [0, 0.05) is 34.4 Å². The van der Waals surface area contributed by atoms with Gasteiger partial charge >= 0.3 is 0 Å². The van der Waals surface area contributed by atoms with Gasteiger partial charge in [0.2, 0.25) is 0 Å². The standard InChI is InChI=1S/C22H17N3OS/c1-26-19-12-16(11-15-7-9-24-21(15)19)25-17-8-10-23-18-13-20(27-22(17)18)14-5-3-2-4-6-14/h2-13,24H,1H3,(H,23,25). The Morgan fingerprint density at radius 2 is 1.93 bits per heavy atom. The molecule has 0 aliphatic heterocycles. The molecule has 4 nitrogen and oxygen atoms in total. The Morgan fingerprint density at radius 1 is 1.04 bits per heavy atom. The predicted octanol–water partition coefficient (Wildman–Crippen LogP) is 6.20. The molecule has 5 rings (SSSR count). The van der Waals surface area contributed by atoms with Crippen molar-refractivity contribution in [2.24, 2.45) is 0 Å². The molecule has 0 saturated heterocycles. The van der Waals surface area contributed by atoms with E-state index in [0.29, 0.717) is 0 Å². The summed E-state index contributed by atoms with van der Waals surface area (Å²) in [5.41, 5.74) is 5.25. The summed E-state index contributed by atoms with van der Waals surface area (Å²) < 4.78 is 6.68. The highest BCUT2D eigenvalue weighted by molar-refractivity contribution is 7.22. The van der Waals surface area contributed by atoms with Crippen LogP contribution in [0.5, 0.6) is 5.75 Å². The maximum absolute atomic E-state index is 5.53. The number of thiophene rings is 1. The minimum Gasteiger partial charge on any atom is -0.494 e. The Morgan fingerprint density at radius 3 is 2.78 bits per heavy atom. The number of benzene rings is 2. The third kappa shape index (κ3) is 2.82. The highest BCUT2D eigenvalue weighted by Gasteiger charge is 2.11. The van der Waals surface area contributed by atoms with Crippen LogP contribution in [0, 0.1) is 0 Å². The average molecular weight is 371 g/mol. The molecule has 0 amide bonds. The zero-order valence-corrected chi connectivity index (χ0v) is 15.5. The Labute approximate surface area is 160 Å². The lowest BCUT2D eigenvalue weighted by atomic mass is 10.2. The van der Waals surface area contributed by atoms with Crippen LogP contribution in [-0.4, -0.2) is 17.1 Å². The molecule has 3 aromatic heterocycles. The molecular formula is C22H17N3OS. The normalized spacial score (nSPS) is 11.1. The van der Waals surface area contributed by atoms with Crippen molar-refractivity contribution >= 4 is 43.8 Å². The fourth-order valence-electron chi connectivity index (χ4n) is 3.31. The van der Waals surface area contributed by atoms with Gasteiger partial charge in [0.05, 0.1) is 28.5 Å². The second-order valence-electron chi connectivity index (χ2n) is 6.29. The largest absolute Gasteiger partial charge is 0.494 e. The Kier molecular flexibility index (Phi) is 3.80. The van der Waals surface area contributed by atoms with E-state index in [9.17, 15) is 0 Å². The summed E-state index contributed by atoms with van der Waals surface area (Å²) in [6.07, 6.45) is 3.77. The van der Waals surface area contributed by atoms with Gasteiger partial charge in [-0.25, -0.2) is 0 Å². The summed E-state index contributed by atoms with van der Waals surface area (Å²) in [4.78, 5) is 8.98. The van der Waals surface area contributed by atoms with Gasteiger partial charge in [0.1, 0.15) is 5.75 Å². The van der Waals surface area contributed by atoms with Gasteiger partial charge < -0.3 is 15.0 Å². The van der Waals surface area contributed by atoms with Crippen LogP contribution in [-0.2, 0) is 0 Å². The summed E-state index contributed by atoms with van der Waals surface area (Å²) in [7, 11) is 1.69. The van der Waals surface area contributed by atoms with Crippen LogP contribution in [0.3, 0.4) is 0 Å². The van der Waals surface area contributed by atoms with E-state index in [2.05, 4.69) is 51.7 Å². The van der Waals surface area contributed by atoms with Crippen molar-refractivity contribution in [3.8, 4) is 16.2 Å².